The third-order valence-electron chi connectivity index (χ3n) is 3.90. The van der Waals surface area contributed by atoms with Crippen LogP contribution in [-0.4, -0.2) is 15.5 Å². The number of carbonyl (C=O) groups is 1. The average molecular weight is 376 g/mol. The first-order valence-corrected chi connectivity index (χ1v) is 8.48. The molecule has 1 amide bonds. The number of anilines is 1. The number of para-hydroxylation sites is 1. The van der Waals surface area contributed by atoms with Gasteiger partial charge in [0.05, 0.1) is 27.9 Å². The van der Waals surface area contributed by atoms with Gasteiger partial charge in [-0.15, -0.1) is 0 Å². The molecule has 5 nitrogen and oxygen atoms in total. The van der Waals surface area contributed by atoms with Crippen LogP contribution < -0.4 is 10.9 Å². The molecule has 25 heavy (non-hydrogen) atoms. The van der Waals surface area contributed by atoms with Gasteiger partial charge in [0.1, 0.15) is 6.04 Å². The smallest absolute Gasteiger partial charge is 0.261 e. The van der Waals surface area contributed by atoms with Crippen molar-refractivity contribution in [3.8, 4) is 0 Å². The molecule has 0 saturated heterocycles. The SMILES string of the molecule is CCC(C(=O)Nc1ccc(Cl)cc1Cl)n1cnc2ccccc2c1=O. The monoisotopic (exact) mass is 375 g/mol. The summed E-state index contributed by atoms with van der Waals surface area (Å²) in [6.45, 7) is 1.83. The summed E-state index contributed by atoms with van der Waals surface area (Å²) in [6, 6.07) is 11.1. The van der Waals surface area contributed by atoms with Crippen molar-refractivity contribution >= 4 is 45.7 Å². The van der Waals surface area contributed by atoms with E-state index < -0.39 is 6.04 Å². The Hall–Kier alpha value is -2.37. The molecular weight excluding hydrogens is 361 g/mol. The van der Waals surface area contributed by atoms with Crippen molar-refractivity contribution in [3.05, 3.63) is 69.2 Å². The van der Waals surface area contributed by atoms with E-state index in [0.29, 0.717) is 33.1 Å². The Labute approximate surface area is 154 Å². The lowest BCUT2D eigenvalue weighted by Crippen LogP contribution is -2.33. The molecule has 0 saturated carbocycles. The van der Waals surface area contributed by atoms with Crippen LogP contribution in [0.15, 0.2) is 53.6 Å². The topological polar surface area (TPSA) is 64.0 Å². The van der Waals surface area contributed by atoms with Crippen LogP contribution in [0.4, 0.5) is 5.69 Å². The highest BCUT2D eigenvalue weighted by Crippen LogP contribution is 2.26. The van der Waals surface area contributed by atoms with E-state index in [1.807, 2.05) is 13.0 Å². The van der Waals surface area contributed by atoms with Gasteiger partial charge in [-0.2, -0.15) is 0 Å². The van der Waals surface area contributed by atoms with Gasteiger partial charge in [-0.05, 0) is 36.8 Å². The highest BCUT2D eigenvalue weighted by atomic mass is 35.5. The maximum absolute atomic E-state index is 12.7. The predicted octanol–water partition coefficient (Wildman–Crippen LogP) is 4.29. The van der Waals surface area contributed by atoms with E-state index >= 15 is 0 Å². The standard InChI is InChI=1S/C18H15Cl2N3O2/c1-2-16(17(24)22-15-8-7-11(19)9-13(15)20)23-10-21-14-6-4-3-5-12(14)18(23)25/h3-10,16H,2H2,1H3,(H,22,24). The summed E-state index contributed by atoms with van der Waals surface area (Å²) >= 11 is 12.0. The van der Waals surface area contributed by atoms with Gasteiger partial charge >= 0.3 is 0 Å². The molecule has 1 unspecified atom stereocenters. The molecule has 1 N–H and O–H groups in total. The minimum absolute atomic E-state index is 0.255. The Morgan fingerprint density at radius 3 is 2.72 bits per heavy atom. The lowest BCUT2D eigenvalue weighted by atomic mass is 10.1. The van der Waals surface area contributed by atoms with Crippen LogP contribution in [0.5, 0.6) is 0 Å². The van der Waals surface area contributed by atoms with Gasteiger partial charge in [0.15, 0.2) is 0 Å². The Kier molecular flexibility index (Phi) is 5.06. The minimum atomic E-state index is -0.698. The fraction of sp³-hybridized carbons (Fsp3) is 0.167. The Morgan fingerprint density at radius 1 is 1.24 bits per heavy atom. The van der Waals surface area contributed by atoms with Gasteiger partial charge in [0, 0.05) is 5.02 Å². The lowest BCUT2D eigenvalue weighted by molar-refractivity contribution is -0.119. The van der Waals surface area contributed by atoms with Crippen molar-refractivity contribution in [2.75, 3.05) is 5.32 Å². The Morgan fingerprint density at radius 2 is 2.00 bits per heavy atom. The van der Waals surface area contributed by atoms with E-state index in [1.165, 1.54) is 10.9 Å². The van der Waals surface area contributed by atoms with Crippen molar-refractivity contribution in [2.24, 2.45) is 0 Å². The molecule has 3 rings (SSSR count). The number of carbonyl (C=O) groups excluding carboxylic acids is 1. The Bertz CT molecular complexity index is 1000. The molecule has 1 atom stereocenters. The summed E-state index contributed by atoms with van der Waals surface area (Å²) in [5.74, 6) is -0.342. The second kappa shape index (κ2) is 7.25. The molecule has 0 spiro atoms. The fourth-order valence-corrected chi connectivity index (χ4v) is 3.08. The van der Waals surface area contributed by atoms with Crippen LogP contribution in [0.25, 0.3) is 10.9 Å². The maximum Gasteiger partial charge on any atom is 0.261 e. The molecule has 3 aromatic rings. The van der Waals surface area contributed by atoms with Gasteiger partial charge in [-0.3, -0.25) is 14.2 Å². The van der Waals surface area contributed by atoms with Crippen LogP contribution in [0.1, 0.15) is 19.4 Å². The quantitative estimate of drug-likeness (QED) is 0.739. The van der Waals surface area contributed by atoms with E-state index in [1.54, 1.807) is 36.4 Å². The number of fused-ring (bicyclic) bond motifs is 1. The molecule has 0 bridgehead atoms. The lowest BCUT2D eigenvalue weighted by Gasteiger charge is -2.18. The molecule has 7 heteroatoms. The van der Waals surface area contributed by atoms with Gasteiger partial charge < -0.3 is 5.32 Å². The summed E-state index contributed by atoms with van der Waals surface area (Å²) in [5.41, 5.74) is 0.783. The molecule has 0 radical (unpaired) electrons. The number of rotatable bonds is 4. The van der Waals surface area contributed by atoms with Crippen molar-refractivity contribution in [2.45, 2.75) is 19.4 Å². The normalized spacial score (nSPS) is 12.1. The number of nitrogens with one attached hydrogen (secondary N) is 1. The summed E-state index contributed by atoms with van der Waals surface area (Å²) in [7, 11) is 0. The number of hydrogen-bond donors (Lipinski definition) is 1. The molecular formula is C18H15Cl2N3O2. The van der Waals surface area contributed by atoms with E-state index in [0.717, 1.165) is 0 Å². The van der Waals surface area contributed by atoms with Crippen LogP contribution in [0, 0.1) is 0 Å². The van der Waals surface area contributed by atoms with Gasteiger partial charge in [0.25, 0.3) is 5.56 Å². The molecule has 0 aliphatic heterocycles. The van der Waals surface area contributed by atoms with E-state index in [4.69, 9.17) is 23.2 Å². The summed E-state index contributed by atoms with van der Waals surface area (Å²) in [4.78, 5) is 29.6. The molecule has 0 aliphatic carbocycles. The average Bonchev–Trinajstić information content (AvgIpc) is 2.60. The van der Waals surface area contributed by atoms with E-state index in [-0.39, 0.29) is 11.5 Å². The molecule has 1 aromatic heterocycles. The van der Waals surface area contributed by atoms with E-state index in [2.05, 4.69) is 10.3 Å². The number of benzene rings is 2. The van der Waals surface area contributed by atoms with Crippen LogP contribution in [-0.2, 0) is 4.79 Å². The zero-order valence-electron chi connectivity index (χ0n) is 13.4. The van der Waals surface area contributed by atoms with Crippen LogP contribution in [0.3, 0.4) is 0 Å². The van der Waals surface area contributed by atoms with E-state index in [9.17, 15) is 9.59 Å². The zero-order valence-corrected chi connectivity index (χ0v) is 14.9. The third-order valence-corrected chi connectivity index (χ3v) is 4.45. The second-order valence-corrected chi connectivity index (χ2v) is 6.36. The highest BCUT2D eigenvalue weighted by molar-refractivity contribution is 6.36. The highest BCUT2D eigenvalue weighted by Gasteiger charge is 2.21. The first-order valence-electron chi connectivity index (χ1n) is 7.73. The largest absolute Gasteiger partial charge is 0.323 e. The number of nitrogens with zero attached hydrogens (tertiary/aromatic N) is 2. The summed E-state index contributed by atoms with van der Waals surface area (Å²) < 4.78 is 1.35. The first-order chi connectivity index (χ1) is 12.0. The zero-order chi connectivity index (χ0) is 18.0. The Balaban J connectivity index is 1.95. The molecule has 0 fully saturated rings. The second-order valence-electron chi connectivity index (χ2n) is 5.51. The van der Waals surface area contributed by atoms with Gasteiger partial charge in [-0.1, -0.05) is 42.3 Å². The predicted molar refractivity (Wildman–Crippen MR) is 100 cm³/mol. The molecule has 0 aliphatic rings. The van der Waals surface area contributed by atoms with Crippen molar-refractivity contribution in [1.29, 1.82) is 0 Å². The summed E-state index contributed by atoms with van der Waals surface area (Å²) in [5, 5.41) is 4.03. The number of amides is 1. The third kappa shape index (κ3) is 3.52. The number of hydrogen-bond acceptors (Lipinski definition) is 3. The van der Waals surface area contributed by atoms with Crippen LogP contribution >= 0.6 is 23.2 Å². The van der Waals surface area contributed by atoms with Crippen molar-refractivity contribution in [3.63, 3.8) is 0 Å². The van der Waals surface area contributed by atoms with Gasteiger partial charge in [0.2, 0.25) is 5.91 Å². The fourth-order valence-electron chi connectivity index (χ4n) is 2.62. The number of aromatic nitrogens is 2. The first kappa shape index (κ1) is 17.5. The maximum atomic E-state index is 12.7. The molecule has 2 aromatic carbocycles. The van der Waals surface area contributed by atoms with Crippen molar-refractivity contribution in [1.82, 2.24) is 9.55 Å². The number of halogens is 2. The molecule has 1 heterocycles. The van der Waals surface area contributed by atoms with Crippen molar-refractivity contribution < 1.29 is 4.79 Å². The summed E-state index contributed by atoms with van der Waals surface area (Å²) in [6.07, 6.45) is 1.83. The van der Waals surface area contributed by atoms with Gasteiger partial charge in [-0.25, -0.2) is 4.98 Å². The van der Waals surface area contributed by atoms with Crippen LogP contribution in [0.2, 0.25) is 10.0 Å². The minimum Gasteiger partial charge on any atom is -0.323 e. The molecule has 128 valence electrons.